The lowest BCUT2D eigenvalue weighted by Crippen LogP contribution is -2.41. The highest BCUT2D eigenvalue weighted by Gasteiger charge is 2.14. The highest BCUT2D eigenvalue weighted by molar-refractivity contribution is 14.0. The molecule has 0 saturated carbocycles. The number of nitrogens with one attached hydrogen (secondary N) is 3. The lowest BCUT2D eigenvalue weighted by Gasteiger charge is -2.11. The number of guanidine groups is 1. The zero-order valence-electron chi connectivity index (χ0n) is 16.9. The largest absolute Gasteiger partial charge is 0.359 e. The molecular weight excluding hydrogens is 507 g/mol. The van der Waals surface area contributed by atoms with Crippen molar-refractivity contribution in [2.45, 2.75) is 44.0 Å². The maximum atomic E-state index is 12.1. The smallest absolute Gasteiger partial charge is 0.242 e. The summed E-state index contributed by atoms with van der Waals surface area (Å²) in [6.07, 6.45) is 4.88. The van der Waals surface area contributed by atoms with Crippen LogP contribution in [0.4, 0.5) is 0 Å². The predicted molar refractivity (Wildman–Crippen MR) is 123 cm³/mol. The molecule has 0 amide bonds. The molecule has 0 radical (unpaired) electrons. The van der Waals surface area contributed by atoms with Gasteiger partial charge >= 0.3 is 0 Å². The molecule has 3 N–H and O–H groups in total. The molecule has 0 fully saturated rings. The Morgan fingerprint density at radius 1 is 1.24 bits per heavy atom. The zero-order valence-corrected chi connectivity index (χ0v) is 20.0. The molecule has 0 aromatic carbocycles. The van der Waals surface area contributed by atoms with Gasteiger partial charge in [0, 0.05) is 44.5 Å². The van der Waals surface area contributed by atoms with Crippen molar-refractivity contribution < 1.29 is 12.9 Å². The second-order valence-corrected chi connectivity index (χ2v) is 7.94. The summed E-state index contributed by atoms with van der Waals surface area (Å²) in [6.45, 7) is 5.28. The molecule has 2 aromatic heterocycles. The first-order valence-corrected chi connectivity index (χ1v) is 10.8. The molecule has 11 heteroatoms. The molecule has 29 heavy (non-hydrogen) atoms. The van der Waals surface area contributed by atoms with Crippen LogP contribution < -0.4 is 15.4 Å². The number of hydrogen-bond donors (Lipinski definition) is 3. The normalized spacial score (nSPS) is 11.9. The van der Waals surface area contributed by atoms with Crippen LogP contribution in [0.3, 0.4) is 0 Å². The quantitative estimate of drug-likeness (QED) is 0.184. The van der Waals surface area contributed by atoms with Crippen LogP contribution in [0.1, 0.15) is 44.1 Å². The molecule has 0 bridgehead atoms. The molecule has 9 nitrogen and oxygen atoms in total. The zero-order chi connectivity index (χ0) is 20.4. The van der Waals surface area contributed by atoms with Gasteiger partial charge in [-0.05, 0) is 25.0 Å². The Morgan fingerprint density at radius 3 is 2.62 bits per heavy atom. The molecule has 2 aromatic rings. The highest BCUT2D eigenvalue weighted by atomic mass is 127. The molecule has 0 aliphatic carbocycles. The summed E-state index contributed by atoms with van der Waals surface area (Å²) in [6, 6.07) is 5.03. The SMILES string of the molecule is CCC(CC)c1cc(CNC(=NC)NCCNS(=O)(=O)c2cccnc2)on1.I. The van der Waals surface area contributed by atoms with Gasteiger partial charge in [-0.2, -0.15) is 0 Å². The number of nitrogens with zero attached hydrogens (tertiary/aromatic N) is 3. The Balaban J connectivity index is 0.00000420. The minimum Gasteiger partial charge on any atom is -0.359 e. The Labute approximate surface area is 189 Å². The maximum Gasteiger partial charge on any atom is 0.242 e. The van der Waals surface area contributed by atoms with Gasteiger partial charge in [0.1, 0.15) is 4.90 Å². The second kappa shape index (κ2) is 12.8. The molecule has 0 aliphatic heterocycles. The van der Waals surface area contributed by atoms with Crippen molar-refractivity contribution >= 4 is 40.0 Å². The fraction of sp³-hybridized carbons (Fsp3) is 0.500. The van der Waals surface area contributed by atoms with Crippen LogP contribution in [0.5, 0.6) is 0 Å². The fourth-order valence-electron chi connectivity index (χ4n) is 2.66. The van der Waals surface area contributed by atoms with E-state index in [1.807, 2.05) is 6.07 Å². The molecule has 162 valence electrons. The minimum atomic E-state index is -3.57. The number of sulfonamides is 1. The van der Waals surface area contributed by atoms with E-state index in [1.54, 1.807) is 13.1 Å². The molecule has 0 unspecified atom stereocenters. The van der Waals surface area contributed by atoms with E-state index < -0.39 is 10.0 Å². The van der Waals surface area contributed by atoms with Crippen molar-refractivity contribution in [1.29, 1.82) is 0 Å². The van der Waals surface area contributed by atoms with E-state index in [2.05, 4.69) is 44.3 Å². The first kappa shape index (κ1) is 25.3. The van der Waals surface area contributed by atoms with E-state index >= 15 is 0 Å². The monoisotopic (exact) mass is 536 g/mol. The molecule has 2 heterocycles. The molecule has 0 saturated heterocycles. The highest BCUT2D eigenvalue weighted by Crippen LogP contribution is 2.22. The number of halogens is 1. The molecule has 2 rings (SSSR count). The molecule has 0 aliphatic rings. The van der Waals surface area contributed by atoms with Gasteiger partial charge in [0.2, 0.25) is 10.0 Å². The summed E-state index contributed by atoms with van der Waals surface area (Å²) in [4.78, 5) is 8.07. The summed E-state index contributed by atoms with van der Waals surface area (Å²) in [5.74, 6) is 1.67. The van der Waals surface area contributed by atoms with Crippen LogP contribution in [-0.2, 0) is 16.6 Å². The predicted octanol–water partition coefficient (Wildman–Crippen LogP) is 2.23. The second-order valence-electron chi connectivity index (χ2n) is 6.17. The number of aromatic nitrogens is 2. The molecule has 0 spiro atoms. The van der Waals surface area contributed by atoms with Gasteiger partial charge in [0.25, 0.3) is 0 Å². The lowest BCUT2D eigenvalue weighted by molar-refractivity contribution is 0.368. The van der Waals surface area contributed by atoms with E-state index in [1.165, 1.54) is 18.5 Å². The Kier molecular flexibility index (Phi) is 11.1. The van der Waals surface area contributed by atoms with Crippen molar-refractivity contribution in [3.8, 4) is 0 Å². The van der Waals surface area contributed by atoms with Gasteiger partial charge in [-0.25, -0.2) is 13.1 Å². The van der Waals surface area contributed by atoms with Gasteiger partial charge in [0.05, 0.1) is 12.2 Å². The van der Waals surface area contributed by atoms with Crippen LogP contribution in [0.15, 0.2) is 45.0 Å². The van der Waals surface area contributed by atoms with Crippen molar-refractivity contribution in [2.24, 2.45) is 4.99 Å². The van der Waals surface area contributed by atoms with Crippen molar-refractivity contribution in [3.63, 3.8) is 0 Å². The topological polar surface area (TPSA) is 122 Å². The van der Waals surface area contributed by atoms with Crippen LogP contribution in [0.2, 0.25) is 0 Å². The third-order valence-corrected chi connectivity index (χ3v) is 5.74. The van der Waals surface area contributed by atoms with Gasteiger partial charge in [-0.3, -0.25) is 9.98 Å². The van der Waals surface area contributed by atoms with Crippen molar-refractivity contribution in [3.05, 3.63) is 42.0 Å². The summed E-state index contributed by atoms with van der Waals surface area (Å²) < 4.78 is 32.1. The Bertz CT molecular complexity index is 853. The molecular formula is C18H29IN6O3S. The third kappa shape index (κ3) is 7.90. The van der Waals surface area contributed by atoms with Gasteiger partial charge < -0.3 is 15.2 Å². The minimum absolute atomic E-state index is 0. The number of pyridine rings is 1. The van der Waals surface area contributed by atoms with Gasteiger partial charge in [0.15, 0.2) is 11.7 Å². The Hall–Kier alpha value is -1.73. The van der Waals surface area contributed by atoms with Crippen LogP contribution in [0, 0.1) is 0 Å². The van der Waals surface area contributed by atoms with Crippen LogP contribution >= 0.6 is 24.0 Å². The average Bonchev–Trinajstić information content (AvgIpc) is 3.18. The number of aliphatic imine (C=N–C) groups is 1. The average molecular weight is 536 g/mol. The van der Waals surface area contributed by atoms with Crippen molar-refractivity contribution in [2.75, 3.05) is 20.1 Å². The van der Waals surface area contributed by atoms with Gasteiger partial charge in [-0.15, -0.1) is 24.0 Å². The summed E-state index contributed by atoms with van der Waals surface area (Å²) in [7, 11) is -1.92. The lowest BCUT2D eigenvalue weighted by atomic mass is 9.99. The maximum absolute atomic E-state index is 12.1. The van der Waals surface area contributed by atoms with E-state index in [4.69, 9.17) is 4.52 Å². The third-order valence-electron chi connectivity index (χ3n) is 4.29. The van der Waals surface area contributed by atoms with E-state index in [0.29, 0.717) is 25.0 Å². The first-order chi connectivity index (χ1) is 13.5. The van der Waals surface area contributed by atoms with Gasteiger partial charge in [-0.1, -0.05) is 19.0 Å². The number of hydrogen-bond acceptors (Lipinski definition) is 6. The van der Waals surface area contributed by atoms with Crippen LogP contribution in [0.25, 0.3) is 0 Å². The number of rotatable bonds is 10. The fourth-order valence-corrected chi connectivity index (χ4v) is 3.65. The summed E-state index contributed by atoms with van der Waals surface area (Å²) >= 11 is 0. The van der Waals surface area contributed by atoms with E-state index in [-0.39, 0.29) is 35.4 Å². The molecule has 0 atom stereocenters. The van der Waals surface area contributed by atoms with E-state index in [9.17, 15) is 8.42 Å². The van der Waals surface area contributed by atoms with Crippen LogP contribution in [-0.4, -0.2) is 44.7 Å². The summed E-state index contributed by atoms with van der Waals surface area (Å²) in [5, 5.41) is 10.3. The van der Waals surface area contributed by atoms with E-state index in [0.717, 1.165) is 24.3 Å². The van der Waals surface area contributed by atoms with Crippen molar-refractivity contribution in [1.82, 2.24) is 25.5 Å². The Morgan fingerprint density at radius 2 is 2.00 bits per heavy atom. The standard InChI is InChI=1S/C18H28N6O3S.HI/c1-4-14(5-2)17-11-15(27-24-17)12-22-18(19-3)21-9-10-23-28(25,26)16-7-6-8-20-13-16;/h6-8,11,13-14,23H,4-5,9-10,12H2,1-3H3,(H2,19,21,22);1H. The first-order valence-electron chi connectivity index (χ1n) is 9.29. The summed E-state index contributed by atoms with van der Waals surface area (Å²) in [5.41, 5.74) is 0.967.